The summed E-state index contributed by atoms with van der Waals surface area (Å²) in [5, 5.41) is 9.93. The molecule has 0 amide bonds. The topological polar surface area (TPSA) is 40.5 Å². The molecule has 1 N–H and O–H groups in total. The number of ketones is 1. The molecule has 0 atom stereocenters. The van der Waals surface area contributed by atoms with Crippen LogP contribution in [0, 0.1) is 0 Å². The zero-order valence-corrected chi connectivity index (χ0v) is 12.3. The highest BCUT2D eigenvalue weighted by Crippen LogP contribution is 2.29. The molecule has 1 saturated heterocycles. The molecule has 0 radical (unpaired) electrons. The number of nitrogens with zero attached hydrogens (tertiary/aromatic N) is 1. The molecule has 0 spiro atoms. The van der Waals surface area contributed by atoms with Crippen molar-refractivity contribution in [3.8, 4) is 0 Å². The summed E-state index contributed by atoms with van der Waals surface area (Å²) in [6.07, 6.45) is 1.55. The van der Waals surface area contributed by atoms with E-state index < -0.39 is 5.60 Å². The molecule has 3 nitrogen and oxygen atoms in total. The van der Waals surface area contributed by atoms with Gasteiger partial charge in [-0.25, -0.2) is 0 Å². The van der Waals surface area contributed by atoms with Crippen molar-refractivity contribution in [2.75, 3.05) is 18.0 Å². The largest absolute Gasteiger partial charge is 0.390 e. The summed E-state index contributed by atoms with van der Waals surface area (Å²) in [5.74, 6) is 0.0648. The molecule has 18 heavy (non-hydrogen) atoms. The van der Waals surface area contributed by atoms with Crippen LogP contribution >= 0.6 is 15.9 Å². The van der Waals surface area contributed by atoms with Crippen LogP contribution in [0.15, 0.2) is 22.7 Å². The van der Waals surface area contributed by atoms with Crippen molar-refractivity contribution in [3.05, 3.63) is 28.2 Å². The number of hydrogen-bond acceptors (Lipinski definition) is 3. The standard InChI is InChI=1S/C14H18BrNO2/c1-10(17)12-4-3-11(9-13(12)15)16-7-5-14(2,18)6-8-16/h3-4,9,18H,5-8H2,1-2H3. The first-order valence-corrected chi connectivity index (χ1v) is 6.96. The van der Waals surface area contributed by atoms with E-state index in [4.69, 9.17) is 0 Å². The second-order valence-corrected chi connectivity index (χ2v) is 6.06. The highest BCUT2D eigenvalue weighted by molar-refractivity contribution is 9.10. The number of benzene rings is 1. The molecular formula is C14H18BrNO2. The number of aliphatic hydroxyl groups is 1. The summed E-state index contributed by atoms with van der Waals surface area (Å²) < 4.78 is 0.838. The van der Waals surface area contributed by atoms with Crippen LogP contribution in [0.3, 0.4) is 0 Å². The fraction of sp³-hybridized carbons (Fsp3) is 0.500. The number of hydrogen-bond donors (Lipinski definition) is 1. The molecule has 4 heteroatoms. The van der Waals surface area contributed by atoms with E-state index in [2.05, 4.69) is 20.8 Å². The molecule has 0 bridgehead atoms. The van der Waals surface area contributed by atoms with E-state index in [9.17, 15) is 9.90 Å². The van der Waals surface area contributed by atoms with Gasteiger partial charge < -0.3 is 10.0 Å². The number of carbonyl (C=O) groups is 1. The lowest BCUT2D eigenvalue weighted by atomic mass is 9.93. The molecule has 1 fully saturated rings. The van der Waals surface area contributed by atoms with Gasteiger partial charge in [0, 0.05) is 28.8 Å². The minimum absolute atomic E-state index is 0.0648. The van der Waals surface area contributed by atoms with Gasteiger partial charge in [-0.15, -0.1) is 0 Å². The summed E-state index contributed by atoms with van der Waals surface area (Å²) in [6, 6.07) is 5.81. The van der Waals surface area contributed by atoms with Gasteiger partial charge in [-0.05, 0) is 60.8 Å². The molecule has 0 saturated carbocycles. The summed E-state index contributed by atoms with van der Waals surface area (Å²) in [7, 11) is 0. The highest BCUT2D eigenvalue weighted by Gasteiger charge is 2.27. The van der Waals surface area contributed by atoms with Crippen LogP contribution in [0.5, 0.6) is 0 Å². The van der Waals surface area contributed by atoms with Crippen molar-refractivity contribution in [1.82, 2.24) is 0 Å². The third-order valence-corrected chi connectivity index (χ3v) is 4.19. The van der Waals surface area contributed by atoms with Crippen LogP contribution in [0.25, 0.3) is 0 Å². The maximum atomic E-state index is 11.4. The molecule has 0 aliphatic carbocycles. The average molecular weight is 312 g/mol. The van der Waals surface area contributed by atoms with Gasteiger partial charge in [0.15, 0.2) is 5.78 Å². The smallest absolute Gasteiger partial charge is 0.160 e. The van der Waals surface area contributed by atoms with E-state index in [1.54, 1.807) is 6.92 Å². The van der Waals surface area contributed by atoms with Gasteiger partial charge in [0.1, 0.15) is 0 Å². The van der Waals surface area contributed by atoms with E-state index in [0.29, 0.717) is 5.56 Å². The van der Waals surface area contributed by atoms with Gasteiger partial charge >= 0.3 is 0 Å². The third kappa shape index (κ3) is 2.93. The number of carbonyl (C=O) groups excluding carboxylic acids is 1. The van der Waals surface area contributed by atoms with Crippen molar-refractivity contribution < 1.29 is 9.90 Å². The van der Waals surface area contributed by atoms with Crippen LogP contribution in [-0.4, -0.2) is 29.6 Å². The van der Waals surface area contributed by atoms with Crippen molar-refractivity contribution in [3.63, 3.8) is 0 Å². The molecule has 1 aromatic rings. The average Bonchev–Trinajstić information content (AvgIpc) is 2.28. The fourth-order valence-electron chi connectivity index (χ4n) is 2.23. The van der Waals surface area contributed by atoms with Gasteiger partial charge in [0.05, 0.1) is 5.60 Å². The number of Topliss-reactive ketones (excluding diaryl/α,β-unsaturated/α-hetero) is 1. The second kappa shape index (κ2) is 5.02. The van der Waals surface area contributed by atoms with Gasteiger partial charge in [-0.2, -0.15) is 0 Å². The molecule has 0 aromatic heterocycles. The Morgan fingerprint density at radius 3 is 2.50 bits per heavy atom. The summed E-state index contributed by atoms with van der Waals surface area (Å²) in [5.41, 5.74) is 1.28. The summed E-state index contributed by atoms with van der Waals surface area (Å²) in [6.45, 7) is 5.15. The normalized spacial score (nSPS) is 18.8. The molecule has 1 aliphatic rings. The first kappa shape index (κ1) is 13.6. The SMILES string of the molecule is CC(=O)c1ccc(N2CCC(C)(O)CC2)cc1Br. The number of halogens is 1. The van der Waals surface area contributed by atoms with E-state index in [1.807, 2.05) is 25.1 Å². The number of anilines is 1. The van der Waals surface area contributed by atoms with Gasteiger partial charge in [0.2, 0.25) is 0 Å². The van der Waals surface area contributed by atoms with E-state index in [-0.39, 0.29) is 5.78 Å². The van der Waals surface area contributed by atoms with Gasteiger partial charge in [-0.3, -0.25) is 4.79 Å². The Balaban J connectivity index is 2.16. The van der Waals surface area contributed by atoms with Gasteiger partial charge in [-0.1, -0.05) is 0 Å². The first-order valence-electron chi connectivity index (χ1n) is 6.17. The quantitative estimate of drug-likeness (QED) is 0.854. The van der Waals surface area contributed by atoms with Crippen molar-refractivity contribution in [1.29, 1.82) is 0 Å². The number of piperidine rings is 1. The second-order valence-electron chi connectivity index (χ2n) is 5.20. The fourth-order valence-corrected chi connectivity index (χ4v) is 2.88. The highest BCUT2D eigenvalue weighted by atomic mass is 79.9. The minimum Gasteiger partial charge on any atom is -0.390 e. The van der Waals surface area contributed by atoms with E-state index >= 15 is 0 Å². The molecule has 98 valence electrons. The molecule has 2 rings (SSSR count). The van der Waals surface area contributed by atoms with Crippen LogP contribution in [0.2, 0.25) is 0 Å². The van der Waals surface area contributed by atoms with Crippen LogP contribution < -0.4 is 4.90 Å². The zero-order chi connectivity index (χ0) is 13.3. The monoisotopic (exact) mass is 311 g/mol. The lowest BCUT2D eigenvalue weighted by Gasteiger charge is -2.37. The Morgan fingerprint density at radius 1 is 1.39 bits per heavy atom. The minimum atomic E-state index is -0.535. The Morgan fingerprint density at radius 2 is 2.00 bits per heavy atom. The maximum absolute atomic E-state index is 11.4. The van der Waals surface area contributed by atoms with Crippen LogP contribution in [0.1, 0.15) is 37.0 Å². The lowest BCUT2D eigenvalue weighted by molar-refractivity contribution is 0.0351. The Labute approximate surface area is 116 Å². The molecule has 1 aromatic carbocycles. The van der Waals surface area contributed by atoms with Crippen molar-refractivity contribution >= 4 is 27.4 Å². The Bertz CT molecular complexity index is 461. The maximum Gasteiger partial charge on any atom is 0.160 e. The molecular weight excluding hydrogens is 294 g/mol. The van der Waals surface area contributed by atoms with Crippen LogP contribution in [-0.2, 0) is 0 Å². The predicted molar refractivity (Wildman–Crippen MR) is 76.2 cm³/mol. The van der Waals surface area contributed by atoms with Crippen molar-refractivity contribution in [2.24, 2.45) is 0 Å². The predicted octanol–water partition coefficient (Wildman–Crippen LogP) is 3.00. The zero-order valence-electron chi connectivity index (χ0n) is 10.7. The van der Waals surface area contributed by atoms with Crippen molar-refractivity contribution in [2.45, 2.75) is 32.3 Å². The van der Waals surface area contributed by atoms with E-state index in [1.165, 1.54) is 0 Å². The molecule has 1 aliphatic heterocycles. The third-order valence-electron chi connectivity index (χ3n) is 3.54. The molecule has 0 unspecified atom stereocenters. The summed E-state index contributed by atoms with van der Waals surface area (Å²) in [4.78, 5) is 13.6. The molecule has 1 heterocycles. The van der Waals surface area contributed by atoms with Crippen LogP contribution in [0.4, 0.5) is 5.69 Å². The lowest BCUT2D eigenvalue weighted by Crippen LogP contribution is -2.42. The van der Waals surface area contributed by atoms with Gasteiger partial charge in [0.25, 0.3) is 0 Å². The summed E-state index contributed by atoms with van der Waals surface area (Å²) >= 11 is 3.44. The Kier molecular flexibility index (Phi) is 3.78. The Hall–Kier alpha value is -0.870. The number of rotatable bonds is 2. The first-order chi connectivity index (χ1) is 8.39. The van der Waals surface area contributed by atoms with E-state index in [0.717, 1.165) is 36.1 Å².